The topological polar surface area (TPSA) is 71.5 Å². The van der Waals surface area contributed by atoms with Crippen molar-refractivity contribution in [1.82, 2.24) is 10.3 Å². The van der Waals surface area contributed by atoms with Gasteiger partial charge in [0.25, 0.3) is 5.91 Å². The number of methoxy groups -OCH3 is 1. The van der Waals surface area contributed by atoms with Crippen molar-refractivity contribution in [3.8, 4) is 5.75 Å². The fourth-order valence-electron chi connectivity index (χ4n) is 4.33. The first-order chi connectivity index (χ1) is 16.0. The van der Waals surface area contributed by atoms with E-state index in [4.69, 9.17) is 4.74 Å². The number of nitrogens with one attached hydrogen (secondary N) is 1. The summed E-state index contributed by atoms with van der Waals surface area (Å²) in [6, 6.07) is 17.9. The molecule has 0 bridgehead atoms. The molecule has 2 atom stereocenters. The summed E-state index contributed by atoms with van der Waals surface area (Å²) in [4.78, 5) is 33.4. The minimum Gasteiger partial charge on any atom is -0.497 e. The maximum absolute atomic E-state index is 13.8. The zero-order chi connectivity index (χ0) is 23.4. The molecule has 3 aromatic rings. The number of nitrogens with zero attached hydrogens (tertiary/aromatic N) is 2. The minimum absolute atomic E-state index is 0.0945. The van der Waals surface area contributed by atoms with Gasteiger partial charge < -0.3 is 10.1 Å². The van der Waals surface area contributed by atoms with E-state index in [1.54, 1.807) is 30.5 Å². The molecule has 1 N–H and O–H groups in total. The largest absolute Gasteiger partial charge is 0.497 e. The van der Waals surface area contributed by atoms with E-state index in [0.717, 1.165) is 17.5 Å². The van der Waals surface area contributed by atoms with E-state index in [2.05, 4.69) is 24.1 Å². The highest BCUT2D eigenvalue weighted by Crippen LogP contribution is 2.45. The predicted octanol–water partition coefficient (Wildman–Crippen LogP) is 4.74. The Morgan fingerprint density at radius 1 is 1.09 bits per heavy atom. The Labute approximate surface area is 194 Å². The zero-order valence-corrected chi connectivity index (χ0v) is 19.2. The fourth-order valence-corrected chi connectivity index (χ4v) is 4.33. The third-order valence-corrected chi connectivity index (χ3v) is 6.02. The predicted molar refractivity (Wildman–Crippen MR) is 128 cm³/mol. The molecule has 0 radical (unpaired) electrons. The van der Waals surface area contributed by atoms with Crippen molar-refractivity contribution in [3.05, 3.63) is 89.7 Å². The van der Waals surface area contributed by atoms with E-state index in [-0.39, 0.29) is 11.8 Å². The quantitative estimate of drug-likeness (QED) is 0.573. The number of aromatic nitrogens is 1. The minimum atomic E-state index is -0.572. The number of carbonyl (C=O) groups excluding carboxylic acids is 2. The molecule has 33 heavy (non-hydrogen) atoms. The molecule has 170 valence electrons. The number of amides is 2. The van der Waals surface area contributed by atoms with Crippen LogP contribution in [0.4, 0.5) is 5.69 Å². The second-order valence-electron chi connectivity index (χ2n) is 8.64. The Balaban J connectivity index is 1.85. The molecule has 0 spiro atoms. The van der Waals surface area contributed by atoms with E-state index in [1.807, 2.05) is 54.6 Å². The highest BCUT2D eigenvalue weighted by molar-refractivity contribution is 6.11. The van der Waals surface area contributed by atoms with Gasteiger partial charge in [-0.25, -0.2) is 0 Å². The van der Waals surface area contributed by atoms with Crippen molar-refractivity contribution < 1.29 is 14.3 Å². The molecule has 0 saturated carbocycles. The SMILES string of the molecule is COc1ccc(N2C(=O)c3ccccc3C(C(=O)NCCC(C)C)C2c2cccnc2)cc1. The third-order valence-electron chi connectivity index (χ3n) is 6.02. The second kappa shape index (κ2) is 9.86. The van der Waals surface area contributed by atoms with Crippen molar-refractivity contribution in [2.75, 3.05) is 18.6 Å². The van der Waals surface area contributed by atoms with E-state index in [1.165, 1.54) is 0 Å². The first-order valence-electron chi connectivity index (χ1n) is 11.3. The Kier molecular flexibility index (Phi) is 6.73. The van der Waals surface area contributed by atoms with Crippen molar-refractivity contribution in [1.29, 1.82) is 0 Å². The molecule has 1 aliphatic rings. The van der Waals surface area contributed by atoms with Gasteiger partial charge in [-0.1, -0.05) is 38.1 Å². The fraction of sp³-hybridized carbons (Fsp3) is 0.296. The Bertz CT molecular complexity index is 1110. The first kappa shape index (κ1) is 22.5. The van der Waals surface area contributed by atoms with Gasteiger partial charge in [0.1, 0.15) is 5.75 Å². The van der Waals surface area contributed by atoms with Gasteiger partial charge >= 0.3 is 0 Å². The van der Waals surface area contributed by atoms with Gasteiger partial charge in [0.2, 0.25) is 5.91 Å². The molecule has 2 aromatic carbocycles. The summed E-state index contributed by atoms with van der Waals surface area (Å²) in [6.07, 6.45) is 4.31. The van der Waals surface area contributed by atoms with Gasteiger partial charge in [-0.05, 0) is 59.9 Å². The summed E-state index contributed by atoms with van der Waals surface area (Å²) in [5.41, 5.74) is 2.78. The number of ether oxygens (including phenoxy) is 1. The van der Waals surface area contributed by atoms with Gasteiger partial charge in [0.05, 0.1) is 19.1 Å². The Morgan fingerprint density at radius 2 is 1.85 bits per heavy atom. The summed E-state index contributed by atoms with van der Waals surface area (Å²) in [7, 11) is 1.60. The van der Waals surface area contributed by atoms with E-state index in [0.29, 0.717) is 29.5 Å². The Hall–Kier alpha value is -3.67. The Morgan fingerprint density at radius 3 is 2.52 bits per heavy atom. The van der Waals surface area contributed by atoms with Crippen LogP contribution in [0.15, 0.2) is 73.1 Å². The van der Waals surface area contributed by atoms with Gasteiger partial charge in [0, 0.05) is 30.2 Å². The number of fused-ring (bicyclic) bond motifs is 1. The monoisotopic (exact) mass is 443 g/mol. The van der Waals surface area contributed by atoms with Crippen LogP contribution in [-0.4, -0.2) is 30.5 Å². The molecule has 2 amide bonds. The van der Waals surface area contributed by atoms with Crippen LogP contribution in [0.3, 0.4) is 0 Å². The van der Waals surface area contributed by atoms with Crippen LogP contribution in [0, 0.1) is 5.92 Å². The molecular weight excluding hydrogens is 414 g/mol. The average molecular weight is 444 g/mol. The van der Waals surface area contributed by atoms with Crippen LogP contribution < -0.4 is 15.0 Å². The standard InChI is InChI=1S/C27H29N3O3/c1-18(2)14-16-29-26(31)24-22-8-4-5-9-23(22)27(32)30(20-10-12-21(33-3)13-11-20)25(24)19-7-6-15-28-17-19/h4-13,15,17-18,24-25H,14,16H2,1-3H3,(H,29,31). The van der Waals surface area contributed by atoms with Crippen molar-refractivity contribution in [3.63, 3.8) is 0 Å². The van der Waals surface area contributed by atoms with Gasteiger partial charge in [-0.2, -0.15) is 0 Å². The van der Waals surface area contributed by atoms with Crippen LogP contribution in [0.2, 0.25) is 0 Å². The van der Waals surface area contributed by atoms with Gasteiger partial charge in [0.15, 0.2) is 0 Å². The van der Waals surface area contributed by atoms with Crippen LogP contribution in [0.5, 0.6) is 5.75 Å². The number of anilines is 1. The maximum atomic E-state index is 13.8. The number of benzene rings is 2. The number of hydrogen-bond acceptors (Lipinski definition) is 4. The van der Waals surface area contributed by atoms with Gasteiger partial charge in [-0.3, -0.25) is 19.5 Å². The third kappa shape index (κ3) is 4.60. The van der Waals surface area contributed by atoms with Gasteiger partial charge in [-0.15, -0.1) is 0 Å². The molecule has 0 saturated heterocycles. The van der Waals surface area contributed by atoms with Crippen LogP contribution in [-0.2, 0) is 4.79 Å². The van der Waals surface area contributed by atoms with Crippen molar-refractivity contribution >= 4 is 17.5 Å². The van der Waals surface area contributed by atoms with E-state index in [9.17, 15) is 9.59 Å². The second-order valence-corrected chi connectivity index (χ2v) is 8.64. The maximum Gasteiger partial charge on any atom is 0.259 e. The molecule has 2 heterocycles. The van der Waals surface area contributed by atoms with Crippen LogP contribution in [0.1, 0.15) is 53.7 Å². The lowest BCUT2D eigenvalue weighted by Crippen LogP contribution is -2.47. The molecule has 1 aliphatic heterocycles. The molecule has 6 nitrogen and oxygen atoms in total. The molecule has 2 unspecified atom stereocenters. The van der Waals surface area contributed by atoms with E-state index < -0.39 is 12.0 Å². The van der Waals surface area contributed by atoms with E-state index >= 15 is 0 Å². The number of hydrogen-bond donors (Lipinski definition) is 1. The number of carbonyl (C=O) groups is 2. The average Bonchev–Trinajstić information content (AvgIpc) is 2.84. The van der Waals surface area contributed by atoms with Crippen molar-refractivity contribution in [2.45, 2.75) is 32.2 Å². The van der Waals surface area contributed by atoms with Crippen LogP contribution in [0.25, 0.3) is 0 Å². The highest BCUT2D eigenvalue weighted by atomic mass is 16.5. The summed E-state index contributed by atoms with van der Waals surface area (Å²) in [5.74, 6) is 0.371. The molecule has 0 aliphatic carbocycles. The highest BCUT2D eigenvalue weighted by Gasteiger charge is 2.44. The summed E-state index contributed by atoms with van der Waals surface area (Å²) < 4.78 is 5.30. The summed E-state index contributed by atoms with van der Waals surface area (Å²) in [5, 5.41) is 3.11. The lowest BCUT2D eigenvalue weighted by Gasteiger charge is -2.41. The molecule has 4 rings (SSSR count). The van der Waals surface area contributed by atoms with Crippen LogP contribution >= 0.6 is 0 Å². The summed E-state index contributed by atoms with van der Waals surface area (Å²) in [6.45, 7) is 4.85. The number of rotatable bonds is 7. The first-order valence-corrected chi connectivity index (χ1v) is 11.3. The van der Waals surface area contributed by atoms with Crippen molar-refractivity contribution in [2.24, 2.45) is 5.92 Å². The normalized spacial score (nSPS) is 17.6. The lowest BCUT2D eigenvalue weighted by atomic mass is 9.79. The summed E-state index contributed by atoms with van der Waals surface area (Å²) >= 11 is 0. The smallest absolute Gasteiger partial charge is 0.259 e. The number of pyridine rings is 1. The lowest BCUT2D eigenvalue weighted by molar-refractivity contribution is -0.123. The zero-order valence-electron chi connectivity index (χ0n) is 19.2. The molecule has 0 fully saturated rings. The molecule has 1 aromatic heterocycles. The molecule has 6 heteroatoms. The molecular formula is C27H29N3O3.